The third kappa shape index (κ3) is 11.9. The van der Waals surface area contributed by atoms with Crippen LogP contribution < -0.4 is 25.2 Å². The molecule has 20 heteroatoms. The molecule has 4 aromatic carbocycles. The number of aromatic nitrogens is 4. The number of piperazine rings is 1. The summed E-state index contributed by atoms with van der Waals surface area (Å²) in [5.74, 6) is -1.75. The van der Waals surface area contributed by atoms with Crippen LogP contribution in [0.4, 0.5) is 29.8 Å². The number of pyridine rings is 1. The van der Waals surface area contributed by atoms with E-state index in [1.54, 1.807) is 32.9 Å². The van der Waals surface area contributed by atoms with E-state index < -0.39 is 29.2 Å². The minimum Gasteiger partial charge on any atom is -0.490 e. The van der Waals surface area contributed by atoms with Crippen molar-refractivity contribution in [1.29, 1.82) is 0 Å². The van der Waals surface area contributed by atoms with E-state index in [0.29, 0.717) is 67.5 Å². The highest BCUT2D eigenvalue weighted by atomic mass is 32.1. The second kappa shape index (κ2) is 22.6. The molecule has 4 aliphatic rings. The number of benzene rings is 4. The Morgan fingerprint density at radius 3 is 2.34 bits per heavy atom. The number of fused-ring (bicyclic) bond motifs is 3. The van der Waals surface area contributed by atoms with Gasteiger partial charge in [0.1, 0.15) is 17.2 Å². The molecule has 1 aliphatic carbocycles. The Labute approximate surface area is 465 Å². The SMILES string of the molecule is Cn1nc(C2CCC(=O)NC2=O)c2cccc(N3CCN(CCCOC4CCC(Oc5ccc(-c6ccc(N7CCc8cccc(C(=O)Nc9nc%10ccccc%10s9)c8C7)nc6C(=O)OC(C)(C)C)c(C(F)(F)F)c5)CC4)CC3)c21. The zero-order valence-corrected chi connectivity index (χ0v) is 46.1. The van der Waals surface area contributed by atoms with Gasteiger partial charge in [-0.25, -0.2) is 14.8 Å². The molecule has 2 saturated heterocycles. The largest absolute Gasteiger partial charge is 0.490 e. The number of thiazole rings is 1. The number of imide groups is 1. The average Bonchev–Trinajstić information content (AvgIpc) is 4.03. The minimum absolute atomic E-state index is 0.0301. The number of para-hydroxylation sites is 2. The number of hydrogen-bond donors (Lipinski definition) is 2. The number of aryl methyl sites for hydroxylation is 1. The fourth-order valence-corrected chi connectivity index (χ4v) is 12.4. The molecule has 418 valence electrons. The third-order valence-corrected chi connectivity index (χ3v) is 16.4. The molecule has 3 aliphatic heterocycles. The summed E-state index contributed by atoms with van der Waals surface area (Å²) in [4.78, 5) is 68.3. The van der Waals surface area contributed by atoms with Gasteiger partial charge in [-0.05, 0) is 131 Å². The second-order valence-electron chi connectivity index (χ2n) is 22.1. The number of alkyl halides is 3. The lowest BCUT2D eigenvalue weighted by molar-refractivity contribution is -0.137. The Kier molecular flexibility index (Phi) is 15.4. The molecule has 80 heavy (non-hydrogen) atoms. The van der Waals surface area contributed by atoms with E-state index in [4.69, 9.17) is 24.3 Å². The third-order valence-electron chi connectivity index (χ3n) is 15.5. The molecule has 2 N–H and O–H groups in total. The molecular formula is C60H64F3N9O7S. The number of anilines is 3. The fraction of sp³-hybridized carbons (Fsp3) is 0.417. The summed E-state index contributed by atoms with van der Waals surface area (Å²) >= 11 is 1.38. The Balaban J connectivity index is 0.697. The molecule has 1 atom stereocenters. The molecule has 1 unspecified atom stereocenters. The molecular weight excluding hydrogens is 1050 g/mol. The quantitative estimate of drug-likeness (QED) is 0.0599. The highest BCUT2D eigenvalue weighted by Gasteiger charge is 2.38. The van der Waals surface area contributed by atoms with Crippen molar-refractivity contribution < 1.29 is 46.6 Å². The van der Waals surface area contributed by atoms with Gasteiger partial charge in [-0.2, -0.15) is 18.3 Å². The summed E-state index contributed by atoms with van der Waals surface area (Å²) in [6.45, 7) is 10.7. The first-order valence-corrected chi connectivity index (χ1v) is 28.3. The average molecular weight is 1110 g/mol. The van der Waals surface area contributed by atoms with E-state index in [-0.39, 0.29) is 59.0 Å². The Morgan fingerprint density at radius 2 is 1.57 bits per heavy atom. The zero-order valence-electron chi connectivity index (χ0n) is 45.2. The Hall–Kier alpha value is -7.42. The predicted molar refractivity (Wildman–Crippen MR) is 300 cm³/mol. The van der Waals surface area contributed by atoms with Gasteiger partial charge in [0.15, 0.2) is 10.8 Å². The summed E-state index contributed by atoms with van der Waals surface area (Å²) < 4.78 is 66.6. The second-order valence-corrected chi connectivity index (χ2v) is 23.1. The molecule has 3 fully saturated rings. The van der Waals surface area contributed by atoms with Crippen molar-refractivity contribution in [1.82, 2.24) is 30.0 Å². The van der Waals surface area contributed by atoms with Gasteiger partial charge >= 0.3 is 12.1 Å². The van der Waals surface area contributed by atoms with Crippen LogP contribution in [0.25, 0.3) is 32.2 Å². The van der Waals surface area contributed by atoms with Crippen molar-refractivity contribution in [2.45, 2.75) is 109 Å². The molecule has 1 saturated carbocycles. The van der Waals surface area contributed by atoms with E-state index in [1.165, 1.54) is 29.5 Å². The van der Waals surface area contributed by atoms with Crippen LogP contribution in [0.2, 0.25) is 0 Å². The maximum Gasteiger partial charge on any atom is 0.417 e. The number of carbonyl (C=O) groups is 4. The van der Waals surface area contributed by atoms with Crippen LogP contribution >= 0.6 is 11.3 Å². The number of amides is 3. The monoisotopic (exact) mass is 1110 g/mol. The number of rotatable bonds is 14. The van der Waals surface area contributed by atoms with Gasteiger partial charge in [0.05, 0.1) is 50.8 Å². The number of nitrogens with one attached hydrogen (secondary N) is 2. The van der Waals surface area contributed by atoms with E-state index in [0.717, 1.165) is 96.0 Å². The van der Waals surface area contributed by atoms with Crippen LogP contribution in [0.3, 0.4) is 0 Å². The van der Waals surface area contributed by atoms with E-state index >= 15 is 13.2 Å². The van der Waals surface area contributed by atoms with Crippen LogP contribution in [0.5, 0.6) is 5.75 Å². The van der Waals surface area contributed by atoms with Crippen LogP contribution in [-0.2, 0) is 45.3 Å². The zero-order chi connectivity index (χ0) is 55.9. The number of ether oxygens (including phenoxy) is 3. The fourth-order valence-electron chi connectivity index (χ4n) is 11.5. The van der Waals surface area contributed by atoms with E-state index in [9.17, 15) is 19.2 Å². The van der Waals surface area contributed by atoms with Gasteiger partial charge in [0, 0.05) is 82.4 Å². The van der Waals surface area contributed by atoms with Crippen LogP contribution in [-0.4, -0.2) is 112 Å². The highest BCUT2D eigenvalue weighted by molar-refractivity contribution is 7.22. The van der Waals surface area contributed by atoms with Crippen molar-refractivity contribution in [3.63, 3.8) is 0 Å². The molecule has 0 spiro atoms. The van der Waals surface area contributed by atoms with Crippen molar-refractivity contribution in [3.8, 4) is 16.9 Å². The van der Waals surface area contributed by atoms with E-state index in [1.807, 2.05) is 65.2 Å². The van der Waals surface area contributed by atoms with Crippen molar-refractivity contribution in [2.24, 2.45) is 7.05 Å². The lowest BCUT2D eigenvalue weighted by atomic mass is 9.92. The lowest BCUT2D eigenvalue weighted by Gasteiger charge is -2.36. The first-order valence-electron chi connectivity index (χ1n) is 27.5. The van der Waals surface area contributed by atoms with Crippen LogP contribution in [0.15, 0.2) is 91.0 Å². The van der Waals surface area contributed by atoms with Gasteiger partial charge in [0.25, 0.3) is 5.91 Å². The molecule has 11 rings (SSSR count). The number of hydrogen-bond acceptors (Lipinski definition) is 14. The summed E-state index contributed by atoms with van der Waals surface area (Å²) in [5.41, 5.74) is 3.32. The van der Waals surface area contributed by atoms with Crippen LogP contribution in [0, 0.1) is 0 Å². The molecule has 16 nitrogen and oxygen atoms in total. The Bertz CT molecular complexity index is 3450. The molecule has 0 radical (unpaired) electrons. The van der Waals surface area contributed by atoms with Gasteiger partial charge in [0.2, 0.25) is 11.8 Å². The lowest BCUT2D eigenvalue weighted by Crippen LogP contribution is -2.47. The van der Waals surface area contributed by atoms with Crippen molar-refractivity contribution in [2.75, 3.05) is 61.0 Å². The van der Waals surface area contributed by atoms with E-state index in [2.05, 4.69) is 31.5 Å². The standard InChI is InChI=1S/C60H64F3N9O7S/c1-59(2,3)79-57(76)53-41(22-24-50(65-53)72-28-26-36-10-7-11-42(45(36)35-72)55(74)67-58-64-47-13-5-6-15-49(47)80-58)40-21-20-39(34-46(40)60(61,62)63)78-38-18-16-37(17-19-38)77-33-9-27-70-29-31-71(32-30-70)48-14-8-12-43-52(68-69(4)54(43)48)44-23-25-51(73)66-56(44)75/h5-8,10-15,20-22,24,34,37-38,44H,9,16-19,23,25-33,35H2,1-4H3,(H,64,67,74)(H,66,73,75). The molecule has 3 aromatic heterocycles. The topological polar surface area (TPSA) is 173 Å². The first kappa shape index (κ1) is 54.5. The van der Waals surface area contributed by atoms with Crippen molar-refractivity contribution in [3.05, 3.63) is 125 Å². The smallest absolute Gasteiger partial charge is 0.417 e. The first-order chi connectivity index (χ1) is 38.4. The maximum absolute atomic E-state index is 15.2. The number of piperidine rings is 1. The van der Waals surface area contributed by atoms with Gasteiger partial charge < -0.3 is 24.0 Å². The highest BCUT2D eigenvalue weighted by Crippen LogP contribution is 2.42. The van der Waals surface area contributed by atoms with Crippen molar-refractivity contribution >= 4 is 72.8 Å². The number of nitrogens with zero attached hydrogens (tertiary/aromatic N) is 7. The Morgan fingerprint density at radius 1 is 0.812 bits per heavy atom. The molecule has 7 aromatic rings. The predicted octanol–water partition coefficient (Wildman–Crippen LogP) is 10.5. The number of esters is 1. The molecule has 3 amide bonds. The molecule has 6 heterocycles. The van der Waals surface area contributed by atoms with Gasteiger partial charge in [-0.1, -0.05) is 53.8 Å². The maximum atomic E-state index is 15.2. The number of carbonyl (C=O) groups excluding carboxylic acids is 4. The summed E-state index contributed by atoms with van der Waals surface area (Å²) in [7, 11) is 1.90. The summed E-state index contributed by atoms with van der Waals surface area (Å²) in [6.07, 6.45) is -0.224. The summed E-state index contributed by atoms with van der Waals surface area (Å²) in [5, 5.41) is 11.6. The number of halogens is 3. The van der Waals surface area contributed by atoms with Gasteiger partial charge in [-0.3, -0.25) is 34.6 Å². The molecule has 0 bridgehead atoms. The minimum atomic E-state index is -4.81. The normalized spacial score (nSPS) is 19.3. The van der Waals surface area contributed by atoms with Crippen LogP contribution in [0.1, 0.15) is 115 Å². The van der Waals surface area contributed by atoms with Gasteiger partial charge in [-0.15, -0.1) is 0 Å². The summed E-state index contributed by atoms with van der Waals surface area (Å²) in [6, 6.07) is 26.3.